The molecule has 0 aliphatic carbocycles. The summed E-state index contributed by atoms with van der Waals surface area (Å²) in [7, 11) is 0. The Kier molecular flexibility index (Phi) is 5.56. The Morgan fingerprint density at radius 2 is 1.90 bits per heavy atom. The van der Waals surface area contributed by atoms with Gasteiger partial charge in [0.15, 0.2) is 5.65 Å². The van der Waals surface area contributed by atoms with Gasteiger partial charge in [-0.1, -0.05) is 12.1 Å². The van der Waals surface area contributed by atoms with Gasteiger partial charge in [-0.05, 0) is 49.4 Å². The maximum Gasteiger partial charge on any atom is 0.157 e. The second kappa shape index (κ2) is 8.14. The van der Waals surface area contributed by atoms with Crippen molar-refractivity contribution in [3.8, 4) is 12.1 Å². The summed E-state index contributed by atoms with van der Waals surface area (Å²) in [4.78, 5) is 7.25. The Labute approximate surface area is 182 Å². The molecule has 0 amide bonds. The minimum Gasteiger partial charge on any atom is -0.381 e. The fraction of sp³-hybridized carbons (Fsp3) is 0.435. The number of hydrogen-bond acceptors (Lipinski definition) is 5. The lowest BCUT2D eigenvalue weighted by molar-refractivity contribution is 0.194. The number of aromatic nitrogens is 2. The molecule has 0 saturated carbocycles. The Hall–Kier alpha value is -2.80. The van der Waals surface area contributed by atoms with Crippen LogP contribution in [0.15, 0.2) is 24.3 Å². The van der Waals surface area contributed by atoms with Crippen molar-refractivity contribution >= 4 is 34.9 Å². The maximum absolute atomic E-state index is 10.1. The number of hydrogen-bond donors (Lipinski definition) is 0. The van der Waals surface area contributed by atoms with Crippen LogP contribution < -0.4 is 4.90 Å². The second-order valence-electron chi connectivity index (χ2n) is 8.06. The van der Waals surface area contributed by atoms with Crippen molar-refractivity contribution in [3.63, 3.8) is 0 Å². The van der Waals surface area contributed by atoms with Crippen LogP contribution in [-0.2, 0) is 4.74 Å². The highest BCUT2D eigenvalue weighted by atomic mass is 35.5. The largest absolute Gasteiger partial charge is 0.381 e. The molecule has 1 unspecified atom stereocenters. The second-order valence-corrected chi connectivity index (χ2v) is 8.06. The van der Waals surface area contributed by atoms with E-state index in [0.717, 1.165) is 72.6 Å². The topological polar surface area (TPSA) is 77.3 Å². The molecule has 1 atom stereocenters. The van der Waals surface area contributed by atoms with E-state index in [2.05, 4.69) is 34.4 Å². The summed E-state index contributed by atoms with van der Waals surface area (Å²) in [5, 5.41) is 19.4. The third kappa shape index (κ3) is 3.08. The molecule has 7 heteroatoms. The Balaban J connectivity index is 0.00000218. The summed E-state index contributed by atoms with van der Waals surface area (Å²) in [5.74, 6) is 1.47. The molecular weight excluding hydrogens is 398 g/mol. The first kappa shape index (κ1) is 20.5. The monoisotopic (exact) mass is 421 g/mol. The van der Waals surface area contributed by atoms with Gasteiger partial charge in [0.05, 0.1) is 29.3 Å². The number of nitrogens with zero attached hydrogens (tertiary/aromatic N) is 5. The van der Waals surface area contributed by atoms with Gasteiger partial charge in [0.2, 0.25) is 0 Å². The first-order valence-corrected chi connectivity index (χ1v) is 10.3. The molecular formula is C23H24ClN5O. The predicted octanol–water partition coefficient (Wildman–Crippen LogP) is 4.33. The molecule has 2 aliphatic heterocycles. The lowest BCUT2D eigenvalue weighted by atomic mass is 9.90. The van der Waals surface area contributed by atoms with Gasteiger partial charge < -0.3 is 9.64 Å². The van der Waals surface area contributed by atoms with Gasteiger partial charge in [-0.15, -0.1) is 12.4 Å². The van der Waals surface area contributed by atoms with Crippen LogP contribution >= 0.6 is 12.4 Å². The maximum atomic E-state index is 10.1. The van der Waals surface area contributed by atoms with Crippen molar-refractivity contribution < 1.29 is 4.74 Å². The van der Waals surface area contributed by atoms with Gasteiger partial charge in [0.1, 0.15) is 11.9 Å². The van der Waals surface area contributed by atoms with Crippen LogP contribution in [0.5, 0.6) is 0 Å². The molecule has 2 fully saturated rings. The molecule has 2 aliphatic rings. The lowest BCUT2D eigenvalue weighted by Gasteiger charge is -2.34. The Bertz CT molecular complexity index is 1170. The summed E-state index contributed by atoms with van der Waals surface area (Å²) in [6.45, 7) is 5.20. The first-order valence-electron chi connectivity index (χ1n) is 10.3. The standard InChI is InChI=1S/C23H23N5O.ClH/c1-15-21(17-8-11-29-14-17)18(13-25)22-26-19-4-2-3-5-20(19)28(22)23(15)27-9-6-16(12-24)7-10-27;/h2-5,16-17H,6-11,14H2,1H3;1H. The van der Waals surface area contributed by atoms with Crippen LogP contribution in [-0.4, -0.2) is 35.7 Å². The number of piperidine rings is 1. The molecule has 0 spiro atoms. The lowest BCUT2D eigenvalue weighted by Crippen LogP contribution is -2.35. The zero-order valence-corrected chi connectivity index (χ0v) is 17.8. The number of para-hydroxylation sites is 2. The van der Waals surface area contributed by atoms with Crippen LogP contribution in [0, 0.1) is 35.5 Å². The number of pyridine rings is 1. The van der Waals surface area contributed by atoms with E-state index in [9.17, 15) is 10.5 Å². The van der Waals surface area contributed by atoms with Crippen molar-refractivity contribution in [1.82, 2.24) is 9.38 Å². The molecule has 0 bridgehead atoms. The van der Waals surface area contributed by atoms with Gasteiger partial charge in [-0.3, -0.25) is 4.40 Å². The van der Waals surface area contributed by atoms with E-state index in [-0.39, 0.29) is 24.2 Å². The third-order valence-electron chi connectivity index (χ3n) is 6.43. The summed E-state index contributed by atoms with van der Waals surface area (Å²) in [6, 6.07) is 13.0. The molecule has 4 heterocycles. The average molecular weight is 422 g/mol. The van der Waals surface area contributed by atoms with Gasteiger partial charge >= 0.3 is 0 Å². The predicted molar refractivity (Wildman–Crippen MR) is 118 cm³/mol. The van der Waals surface area contributed by atoms with Crippen LogP contribution in [0.2, 0.25) is 0 Å². The van der Waals surface area contributed by atoms with Crippen molar-refractivity contribution in [2.24, 2.45) is 5.92 Å². The fourth-order valence-electron chi connectivity index (χ4n) is 4.99. The summed E-state index contributed by atoms with van der Waals surface area (Å²) in [6.07, 6.45) is 2.67. The van der Waals surface area contributed by atoms with Crippen molar-refractivity contribution in [2.75, 3.05) is 31.2 Å². The number of benzene rings is 1. The number of rotatable bonds is 2. The molecule has 0 N–H and O–H groups in total. The van der Waals surface area contributed by atoms with E-state index in [1.54, 1.807) is 0 Å². The minimum atomic E-state index is 0. The molecule has 6 nitrogen and oxygen atoms in total. The van der Waals surface area contributed by atoms with Crippen LogP contribution in [0.25, 0.3) is 16.7 Å². The van der Waals surface area contributed by atoms with Gasteiger partial charge in [-0.2, -0.15) is 10.5 Å². The fourth-order valence-corrected chi connectivity index (χ4v) is 4.99. The molecule has 2 saturated heterocycles. The average Bonchev–Trinajstić information content (AvgIpc) is 3.41. The van der Waals surface area contributed by atoms with Crippen molar-refractivity contribution in [2.45, 2.75) is 32.1 Å². The number of halogens is 1. The Morgan fingerprint density at radius 1 is 1.13 bits per heavy atom. The van der Waals surface area contributed by atoms with Crippen LogP contribution in [0.1, 0.15) is 41.9 Å². The van der Waals surface area contributed by atoms with E-state index in [1.807, 2.05) is 18.2 Å². The third-order valence-corrected chi connectivity index (χ3v) is 6.43. The SMILES string of the molecule is Cc1c(C2CCOC2)c(C#N)c2nc3ccccc3n2c1N1CCC(C#N)CC1.Cl. The molecule has 1 aromatic carbocycles. The normalized spacial score (nSPS) is 19.6. The van der Waals surface area contributed by atoms with E-state index >= 15 is 0 Å². The number of anilines is 1. The van der Waals surface area contributed by atoms with Gasteiger partial charge in [0, 0.05) is 31.5 Å². The first-order chi connectivity index (χ1) is 14.2. The zero-order chi connectivity index (χ0) is 20.0. The molecule has 3 aromatic rings. The summed E-state index contributed by atoms with van der Waals surface area (Å²) >= 11 is 0. The number of imidazole rings is 1. The van der Waals surface area contributed by atoms with Gasteiger partial charge in [0.25, 0.3) is 0 Å². The highest BCUT2D eigenvalue weighted by Crippen LogP contribution is 2.40. The number of ether oxygens (including phenoxy) is 1. The molecule has 2 aromatic heterocycles. The smallest absolute Gasteiger partial charge is 0.157 e. The molecule has 5 rings (SSSR count). The number of nitriles is 2. The van der Waals surface area contributed by atoms with Crippen LogP contribution in [0.3, 0.4) is 0 Å². The molecule has 30 heavy (non-hydrogen) atoms. The Morgan fingerprint density at radius 3 is 2.57 bits per heavy atom. The zero-order valence-electron chi connectivity index (χ0n) is 17.0. The number of fused-ring (bicyclic) bond motifs is 3. The highest BCUT2D eigenvalue weighted by molar-refractivity contribution is 5.86. The summed E-state index contributed by atoms with van der Waals surface area (Å²) < 4.78 is 7.83. The quantitative estimate of drug-likeness (QED) is 0.615. The van der Waals surface area contributed by atoms with E-state index in [0.29, 0.717) is 12.2 Å². The summed E-state index contributed by atoms with van der Waals surface area (Å²) in [5.41, 5.74) is 5.56. The van der Waals surface area contributed by atoms with Gasteiger partial charge in [-0.25, -0.2) is 4.98 Å². The van der Waals surface area contributed by atoms with E-state index in [1.165, 1.54) is 0 Å². The van der Waals surface area contributed by atoms with Crippen molar-refractivity contribution in [3.05, 3.63) is 41.0 Å². The molecule has 154 valence electrons. The van der Waals surface area contributed by atoms with Crippen molar-refractivity contribution in [1.29, 1.82) is 10.5 Å². The molecule has 0 radical (unpaired) electrons. The minimum absolute atomic E-state index is 0. The van der Waals surface area contributed by atoms with E-state index in [4.69, 9.17) is 9.72 Å². The van der Waals surface area contributed by atoms with Crippen LogP contribution in [0.4, 0.5) is 5.82 Å². The van der Waals surface area contributed by atoms with E-state index < -0.39 is 0 Å². The highest BCUT2D eigenvalue weighted by Gasteiger charge is 2.31.